The summed E-state index contributed by atoms with van der Waals surface area (Å²) in [6, 6.07) is 12.8. The number of rotatable bonds is 10. The summed E-state index contributed by atoms with van der Waals surface area (Å²) in [5, 5.41) is 15.4. The molecule has 0 aliphatic heterocycles. The summed E-state index contributed by atoms with van der Waals surface area (Å²) in [4.78, 5) is 36.9. The van der Waals surface area contributed by atoms with Gasteiger partial charge in [0.05, 0.1) is 24.0 Å². The van der Waals surface area contributed by atoms with Gasteiger partial charge in [0.1, 0.15) is 0 Å². The Labute approximate surface area is 219 Å². The van der Waals surface area contributed by atoms with E-state index in [2.05, 4.69) is 20.8 Å². The van der Waals surface area contributed by atoms with Crippen LogP contribution in [0.25, 0.3) is 0 Å². The zero-order valence-corrected chi connectivity index (χ0v) is 22.0. The van der Waals surface area contributed by atoms with E-state index in [1.165, 1.54) is 11.8 Å². The standard InChI is InChI=1S/C25H28ClN5O4S/c1-5-35-24(34)17-8-12-19(13-9-17)27-20(32)14-36-25-30-29-22(31(25)4)21(15(2)3)28-23(33)16-6-10-18(26)11-7-16/h6-13,15,21H,5,14H2,1-4H3,(H,27,32)(H,28,33). The van der Waals surface area contributed by atoms with Crippen LogP contribution in [0, 0.1) is 5.92 Å². The number of benzene rings is 2. The summed E-state index contributed by atoms with van der Waals surface area (Å²) in [5.74, 6) is -0.142. The Kier molecular flexibility index (Phi) is 9.49. The number of anilines is 1. The molecule has 0 fully saturated rings. The molecule has 1 heterocycles. The molecule has 9 nitrogen and oxygen atoms in total. The number of carbonyl (C=O) groups excluding carboxylic acids is 3. The lowest BCUT2D eigenvalue weighted by Crippen LogP contribution is -2.33. The Bertz CT molecular complexity index is 1210. The van der Waals surface area contributed by atoms with Crippen LogP contribution < -0.4 is 10.6 Å². The van der Waals surface area contributed by atoms with Crippen molar-refractivity contribution in [3.8, 4) is 0 Å². The number of carbonyl (C=O) groups is 3. The van der Waals surface area contributed by atoms with E-state index in [0.717, 1.165) is 0 Å². The molecule has 2 N–H and O–H groups in total. The van der Waals surface area contributed by atoms with E-state index in [1.54, 1.807) is 67.1 Å². The maximum atomic E-state index is 12.7. The van der Waals surface area contributed by atoms with Gasteiger partial charge < -0.3 is 19.9 Å². The van der Waals surface area contributed by atoms with Crippen LogP contribution in [0.2, 0.25) is 5.02 Å². The minimum Gasteiger partial charge on any atom is -0.462 e. The minimum absolute atomic E-state index is 0.0443. The van der Waals surface area contributed by atoms with Gasteiger partial charge in [-0.25, -0.2) is 4.79 Å². The SMILES string of the molecule is CCOC(=O)c1ccc(NC(=O)CSc2nnc(C(NC(=O)c3ccc(Cl)cc3)C(C)C)n2C)cc1. The molecule has 1 aromatic heterocycles. The lowest BCUT2D eigenvalue weighted by molar-refractivity contribution is -0.113. The molecule has 0 bridgehead atoms. The lowest BCUT2D eigenvalue weighted by atomic mass is 10.0. The van der Waals surface area contributed by atoms with Gasteiger partial charge in [-0.2, -0.15) is 0 Å². The summed E-state index contributed by atoms with van der Waals surface area (Å²) in [7, 11) is 1.80. The average molecular weight is 530 g/mol. The third-order valence-electron chi connectivity index (χ3n) is 5.22. The molecule has 0 spiro atoms. The zero-order chi connectivity index (χ0) is 26.2. The van der Waals surface area contributed by atoms with Crippen molar-refractivity contribution < 1.29 is 19.1 Å². The van der Waals surface area contributed by atoms with Crippen LogP contribution in [0.4, 0.5) is 5.69 Å². The fourth-order valence-electron chi connectivity index (χ4n) is 3.31. The van der Waals surface area contributed by atoms with Crippen molar-refractivity contribution in [3.63, 3.8) is 0 Å². The van der Waals surface area contributed by atoms with Gasteiger partial charge in [-0.1, -0.05) is 37.2 Å². The van der Waals surface area contributed by atoms with Gasteiger partial charge in [-0.05, 0) is 61.4 Å². The topological polar surface area (TPSA) is 115 Å². The molecule has 0 saturated carbocycles. The van der Waals surface area contributed by atoms with E-state index >= 15 is 0 Å². The molecule has 0 saturated heterocycles. The Morgan fingerprint density at radius 1 is 1.03 bits per heavy atom. The van der Waals surface area contributed by atoms with Crippen molar-refractivity contribution in [3.05, 3.63) is 70.5 Å². The quantitative estimate of drug-likeness (QED) is 0.293. The monoisotopic (exact) mass is 529 g/mol. The van der Waals surface area contributed by atoms with Crippen LogP contribution >= 0.6 is 23.4 Å². The highest BCUT2D eigenvalue weighted by molar-refractivity contribution is 7.99. The van der Waals surface area contributed by atoms with Crippen molar-refractivity contribution in [2.75, 3.05) is 17.7 Å². The second-order valence-corrected chi connectivity index (χ2v) is 9.62. The first-order chi connectivity index (χ1) is 17.2. The van der Waals surface area contributed by atoms with Crippen molar-refractivity contribution in [1.29, 1.82) is 0 Å². The highest BCUT2D eigenvalue weighted by Gasteiger charge is 2.25. The fraction of sp³-hybridized carbons (Fsp3) is 0.320. The van der Waals surface area contributed by atoms with E-state index in [1.807, 2.05) is 13.8 Å². The van der Waals surface area contributed by atoms with Gasteiger partial charge in [-0.3, -0.25) is 9.59 Å². The van der Waals surface area contributed by atoms with Gasteiger partial charge in [-0.15, -0.1) is 10.2 Å². The molecular weight excluding hydrogens is 502 g/mol. The number of aromatic nitrogens is 3. The van der Waals surface area contributed by atoms with E-state index in [4.69, 9.17) is 16.3 Å². The van der Waals surface area contributed by atoms with Crippen molar-refractivity contribution in [2.24, 2.45) is 13.0 Å². The lowest BCUT2D eigenvalue weighted by Gasteiger charge is -2.21. The van der Waals surface area contributed by atoms with E-state index in [9.17, 15) is 14.4 Å². The van der Waals surface area contributed by atoms with Gasteiger partial charge >= 0.3 is 5.97 Å². The van der Waals surface area contributed by atoms with E-state index in [0.29, 0.717) is 39.4 Å². The highest BCUT2D eigenvalue weighted by Crippen LogP contribution is 2.25. The first-order valence-corrected chi connectivity index (χ1v) is 12.7. The van der Waals surface area contributed by atoms with E-state index in [-0.39, 0.29) is 29.5 Å². The number of nitrogens with zero attached hydrogens (tertiary/aromatic N) is 3. The number of thioether (sulfide) groups is 1. The third-order valence-corrected chi connectivity index (χ3v) is 6.49. The Morgan fingerprint density at radius 3 is 2.28 bits per heavy atom. The highest BCUT2D eigenvalue weighted by atomic mass is 35.5. The third kappa shape index (κ3) is 7.08. The van der Waals surface area contributed by atoms with E-state index < -0.39 is 5.97 Å². The number of hydrogen-bond acceptors (Lipinski definition) is 7. The van der Waals surface area contributed by atoms with Gasteiger partial charge in [0.25, 0.3) is 5.91 Å². The number of esters is 1. The maximum Gasteiger partial charge on any atom is 0.338 e. The summed E-state index contributed by atoms with van der Waals surface area (Å²) in [6.45, 7) is 6.00. The van der Waals surface area contributed by atoms with Crippen LogP contribution in [-0.2, 0) is 16.6 Å². The summed E-state index contributed by atoms with van der Waals surface area (Å²) in [5.41, 5.74) is 1.48. The minimum atomic E-state index is -0.409. The van der Waals surface area contributed by atoms with Crippen LogP contribution in [0.5, 0.6) is 0 Å². The second-order valence-electron chi connectivity index (χ2n) is 8.24. The van der Waals surface area contributed by atoms with Crippen LogP contribution in [0.3, 0.4) is 0 Å². The predicted molar refractivity (Wildman–Crippen MR) is 139 cm³/mol. The molecule has 0 aliphatic carbocycles. The maximum absolute atomic E-state index is 12.7. The first-order valence-electron chi connectivity index (χ1n) is 11.3. The first kappa shape index (κ1) is 27.2. The van der Waals surface area contributed by atoms with Crippen LogP contribution in [0.1, 0.15) is 53.4 Å². The summed E-state index contributed by atoms with van der Waals surface area (Å²) < 4.78 is 6.73. The number of amides is 2. The molecule has 1 unspecified atom stereocenters. The molecule has 2 aromatic carbocycles. The predicted octanol–water partition coefficient (Wildman–Crippen LogP) is 4.50. The number of hydrogen-bond donors (Lipinski definition) is 2. The normalized spacial score (nSPS) is 11.7. The van der Waals surface area contributed by atoms with Crippen LogP contribution in [-0.4, -0.2) is 44.9 Å². The second kappa shape index (κ2) is 12.5. The Morgan fingerprint density at radius 2 is 1.67 bits per heavy atom. The van der Waals surface area contributed by atoms with Gasteiger partial charge in [0.2, 0.25) is 5.91 Å². The Hall–Kier alpha value is -3.37. The largest absolute Gasteiger partial charge is 0.462 e. The van der Waals surface area contributed by atoms with Crippen LogP contribution in [0.15, 0.2) is 53.7 Å². The van der Waals surface area contributed by atoms with Crippen molar-refractivity contribution >= 4 is 46.8 Å². The van der Waals surface area contributed by atoms with Crippen molar-refractivity contribution in [2.45, 2.75) is 32.0 Å². The molecule has 2 amide bonds. The molecule has 36 heavy (non-hydrogen) atoms. The van der Waals surface area contributed by atoms with Crippen molar-refractivity contribution in [1.82, 2.24) is 20.1 Å². The molecule has 0 aliphatic rings. The number of ether oxygens (including phenoxy) is 1. The molecule has 0 radical (unpaired) electrons. The number of halogens is 1. The molecule has 3 aromatic rings. The molecule has 1 atom stereocenters. The average Bonchev–Trinajstić information content (AvgIpc) is 3.21. The molecule has 3 rings (SSSR count). The molecule has 11 heteroatoms. The molecular formula is C25H28ClN5O4S. The zero-order valence-electron chi connectivity index (χ0n) is 20.4. The smallest absolute Gasteiger partial charge is 0.338 e. The fourth-order valence-corrected chi connectivity index (χ4v) is 4.15. The summed E-state index contributed by atoms with van der Waals surface area (Å²) >= 11 is 7.15. The number of nitrogens with one attached hydrogen (secondary N) is 2. The Balaban J connectivity index is 1.60. The summed E-state index contributed by atoms with van der Waals surface area (Å²) in [6.07, 6.45) is 0. The van der Waals surface area contributed by atoms with Gasteiger partial charge in [0.15, 0.2) is 11.0 Å². The van der Waals surface area contributed by atoms with Gasteiger partial charge in [0, 0.05) is 23.3 Å². The molecule has 190 valence electrons.